The van der Waals surface area contributed by atoms with E-state index in [4.69, 9.17) is 0 Å². The largest absolute Gasteiger partial charge is 2.00 e. The third-order valence-electron chi connectivity index (χ3n) is 8.06. The second kappa shape index (κ2) is 55.1. The minimum Gasteiger partial charge on any atom is -2.00 e. The monoisotopic (exact) mass is 842 g/mol. The van der Waals surface area contributed by atoms with E-state index in [2.05, 4.69) is 13.8 Å². The minimum absolute atomic E-state index is 0. The van der Waals surface area contributed by atoms with Gasteiger partial charge in [0.1, 0.15) is 0 Å². The maximum Gasteiger partial charge on any atom is -2.00 e. The molecule has 0 atom stereocenters. The van der Waals surface area contributed by atoms with Crippen molar-refractivity contribution in [3.8, 4) is 0 Å². The summed E-state index contributed by atoms with van der Waals surface area (Å²) in [6.07, 6.45) is 47.3. The summed E-state index contributed by atoms with van der Waals surface area (Å²) >= 11 is 3.44. The predicted molar refractivity (Wildman–Crippen MR) is 202 cm³/mol. The summed E-state index contributed by atoms with van der Waals surface area (Å²) in [6, 6.07) is 0. The van der Waals surface area contributed by atoms with Gasteiger partial charge in [0.05, 0.1) is 0 Å². The Morgan fingerprint density at radius 3 is 0.463 bits per heavy atom. The molecule has 0 rings (SSSR count). The van der Waals surface area contributed by atoms with Crippen molar-refractivity contribution in [2.45, 2.75) is 228 Å². The SMILES string of the molecule is CCCCCCCCCCCCCCCCC[CH2][Sn+3].CCCCCCCCCCCCCCCCC[CH2][Sn+3].[S-2].[S-2].[S-2]. The van der Waals surface area contributed by atoms with E-state index >= 15 is 0 Å². The summed E-state index contributed by atoms with van der Waals surface area (Å²) in [5.41, 5.74) is 0. The van der Waals surface area contributed by atoms with Crippen molar-refractivity contribution < 1.29 is 0 Å². The van der Waals surface area contributed by atoms with Crippen molar-refractivity contribution >= 4 is 85.5 Å². The fraction of sp³-hybridized carbons (Fsp3) is 1.00. The third kappa shape index (κ3) is 58.7. The molecule has 0 amide bonds. The molecule has 5 heteroatoms. The molecule has 0 aliphatic carbocycles. The molecule has 0 nitrogen and oxygen atoms in total. The van der Waals surface area contributed by atoms with Crippen LogP contribution in [-0.2, 0) is 40.5 Å². The van der Waals surface area contributed by atoms with Crippen LogP contribution in [0, 0.1) is 0 Å². The summed E-state index contributed by atoms with van der Waals surface area (Å²) in [7, 11) is 0. The van der Waals surface area contributed by atoms with Crippen LogP contribution < -0.4 is 0 Å². The van der Waals surface area contributed by atoms with E-state index < -0.39 is 0 Å². The van der Waals surface area contributed by atoms with Crippen molar-refractivity contribution in [1.29, 1.82) is 0 Å². The maximum atomic E-state index is 2.30. The summed E-state index contributed by atoms with van der Waals surface area (Å²) < 4.78 is 2.93. The van der Waals surface area contributed by atoms with Crippen molar-refractivity contribution in [3.63, 3.8) is 0 Å². The molecule has 0 saturated heterocycles. The van der Waals surface area contributed by atoms with Crippen LogP contribution in [0.15, 0.2) is 0 Å². The molecule has 0 aromatic heterocycles. The fourth-order valence-electron chi connectivity index (χ4n) is 5.35. The zero-order valence-corrected chi connectivity index (χ0v) is 36.4. The van der Waals surface area contributed by atoms with E-state index in [0.717, 1.165) is 0 Å². The van der Waals surface area contributed by atoms with Crippen molar-refractivity contribution in [2.75, 3.05) is 0 Å². The predicted octanol–water partition coefficient (Wildman–Crippen LogP) is 13.7. The second-order valence-electron chi connectivity index (χ2n) is 12.1. The molecule has 0 bridgehead atoms. The first-order chi connectivity index (χ1) is 18.8. The van der Waals surface area contributed by atoms with Crippen LogP contribution in [0.1, 0.15) is 219 Å². The van der Waals surface area contributed by atoms with Gasteiger partial charge in [0, 0.05) is 0 Å². The topological polar surface area (TPSA) is 0 Å². The van der Waals surface area contributed by atoms with Crippen molar-refractivity contribution in [1.82, 2.24) is 0 Å². The molecule has 0 spiro atoms. The van der Waals surface area contributed by atoms with E-state index in [9.17, 15) is 0 Å². The van der Waals surface area contributed by atoms with Crippen LogP contribution in [0.4, 0.5) is 0 Å². The summed E-state index contributed by atoms with van der Waals surface area (Å²) in [4.78, 5) is 0. The maximum absolute atomic E-state index is 2.30. The molecule has 0 aliphatic heterocycles. The zero-order chi connectivity index (χ0) is 28.0. The molecule has 0 fully saturated rings. The van der Waals surface area contributed by atoms with Gasteiger partial charge in [-0.25, -0.2) is 0 Å². The summed E-state index contributed by atoms with van der Waals surface area (Å²) in [5.74, 6) is 0. The van der Waals surface area contributed by atoms with E-state index in [0.29, 0.717) is 0 Å². The Balaban J connectivity index is -0.000000196. The van der Waals surface area contributed by atoms with Gasteiger partial charge in [0.2, 0.25) is 0 Å². The molecule has 0 saturated carbocycles. The van der Waals surface area contributed by atoms with Gasteiger partial charge < -0.3 is 40.5 Å². The number of hydrogen-bond acceptors (Lipinski definition) is 0. The number of hydrogen-bond donors (Lipinski definition) is 0. The zero-order valence-electron chi connectivity index (χ0n) is 28.3. The second-order valence-corrected chi connectivity index (χ2v) is 15.0. The average molecular weight is 841 g/mol. The first-order valence-electron chi connectivity index (χ1n) is 18.1. The van der Waals surface area contributed by atoms with Crippen molar-refractivity contribution in [2.24, 2.45) is 0 Å². The number of rotatable bonds is 32. The average Bonchev–Trinajstić information content (AvgIpc) is 2.93. The normalized spacial score (nSPS) is 10.3. The quantitative estimate of drug-likeness (QED) is 0.0468. The Kier molecular flexibility index (Phi) is 71.4. The Hall–Kier alpha value is 2.65. The van der Waals surface area contributed by atoms with Gasteiger partial charge in [-0.05, 0) is 0 Å². The molecule has 0 aliphatic rings. The van der Waals surface area contributed by atoms with Crippen LogP contribution >= 0.6 is 0 Å². The molecule has 41 heavy (non-hydrogen) atoms. The molecule has 0 radical (unpaired) electrons. The van der Waals surface area contributed by atoms with E-state index in [1.807, 2.05) is 0 Å². The molecule has 244 valence electrons. The smallest absolute Gasteiger partial charge is 2.00 e. The van der Waals surface area contributed by atoms with Crippen LogP contribution in [0.2, 0.25) is 8.87 Å². The first kappa shape index (κ1) is 53.1. The van der Waals surface area contributed by atoms with Gasteiger partial charge in [0.15, 0.2) is 0 Å². The van der Waals surface area contributed by atoms with Crippen LogP contribution in [0.3, 0.4) is 0 Å². The Labute approximate surface area is 311 Å². The summed E-state index contributed by atoms with van der Waals surface area (Å²) in [6.45, 7) is 4.59. The van der Waals surface area contributed by atoms with Crippen molar-refractivity contribution in [3.05, 3.63) is 0 Å². The Bertz CT molecular complexity index is 307. The van der Waals surface area contributed by atoms with Gasteiger partial charge in [0.25, 0.3) is 0 Å². The first-order valence-corrected chi connectivity index (χ1v) is 22.2. The molecular formula is C36H74S3Sn2. The van der Waals surface area contributed by atoms with Crippen LogP contribution in [-0.4, -0.2) is 45.0 Å². The van der Waals surface area contributed by atoms with E-state index in [1.165, 1.54) is 214 Å². The molecule has 0 aromatic carbocycles. The van der Waals surface area contributed by atoms with Gasteiger partial charge >= 0.3 is 195 Å². The molecular weight excluding hydrogens is 766 g/mol. The molecule has 0 N–H and O–H groups in total. The minimum atomic E-state index is 0. The van der Waals surface area contributed by atoms with Gasteiger partial charge in [-0.1, -0.05) is 78.1 Å². The fourth-order valence-corrected chi connectivity index (χ4v) is 6.77. The third-order valence-corrected chi connectivity index (χ3v) is 10.1. The molecule has 0 unspecified atom stereocenters. The van der Waals surface area contributed by atoms with Gasteiger partial charge in [-0.2, -0.15) is 0 Å². The Morgan fingerprint density at radius 1 is 0.220 bits per heavy atom. The Morgan fingerprint density at radius 2 is 0.341 bits per heavy atom. The standard InChI is InChI=1S/2C18H37.3S.2Sn/c2*1-3-5-7-9-11-13-15-17-18-16-14-12-10-8-6-4-2;;;;;/h2*1,3-18H2,2H3;;;;;/q;;3*-2;2*+3. The van der Waals surface area contributed by atoms with Gasteiger partial charge in [-0.15, -0.1) is 0 Å². The van der Waals surface area contributed by atoms with Crippen LogP contribution in [0.25, 0.3) is 0 Å². The summed E-state index contributed by atoms with van der Waals surface area (Å²) in [5, 5.41) is 0. The molecule has 0 aromatic rings. The van der Waals surface area contributed by atoms with Gasteiger partial charge in [-0.3, -0.25) is 0 Å². The molecule has 0 heterocycles. The van der Waals surface area contributed by atoms with E-state index in [1.54, 1.807) is 45.0 Å². The number of unbranched alkanes of at least 4 members (excludes halogenated alkanes) is 30. The van der Waals surface area contributed by atoms with Crippen LogP contribution in [0.5, 0.6) is 0 Å². The van der Waals surface area contributed by atoms with E-state index in [-0.39, 0.29) is 40.5 Å².